The van der Waals surface area contributed by atoms with E-state index in [1.165, 1.54) is 6.92 Å². The van der Waals surface area contributed by atoms with Gasteiger partial charge in [0.1, 0.15) is 0 Å². The molecule has 0 aromatic heterocycles. The zero-order chi connectivity index (χ0) is 7.98. The van der Waals surface area contributed by atoms with Crippen molar-refractivity contribution in [1.29, 1.82) is 0 Å². The van der Waals surface area contributed by atoms with Gasteiger partial charge in [-0.3, -0.25) is 0 Å². The summed E-state index contributed by atoms with van der Waals surface area (Å²) in [7, 11) is 0. The Morgan fingerprint density at radius 1 is 1.64 bits per heavy atom. The standard InChI is InChI=1S/C7H12O3.CH4/c1-3-4-10-7(9)6(2)5-8;/h5,8H,3-4H2,1-2H3;1H4. The van der Waals surface area contributed by atoms with Crippen molar-refractivity contribution in [3.63, 3.8) is 0 Å². The zero-order valence-electron chi connectivity index (χ0n) is 6.26. The van der Waals surface area contributed by atoms with Gasteiger partial charge in [-0.15, -0.1) is 0 Å². The van der Waals surface area contributed by atoms with E-state index in [4.69, 9.17) is 5.11 Å². The van der Waals surface area contributed by atoms with E-state index in [1.54, 1.807) is 0 Å². The Bertz CT molecular complexity index is 138. The maximum Gasteiger partial charge on any atom is 0.336 e. The molecule has 0 spiro atoms. The van der Waals surface area contributed by atoms with Crippen LogP contribution in [0.1, 0.15) is 27.7 Å². The van der Waals surface area contributed by atoms with Crippen LogP contribution in [-0.4, -0.2) is 17.7 Å². The number of aliphatic hydroxyl groups is 1. The van der Waals surface area contributed by atoms with Crippen LogP contribution in [0, 0.1) is 0 Å². The second kappa shape index (κ2) is 7.12. The molecule has 0 heterocycles. The summed E-state index contributed by atoms with van der Waals surface area (Å²) in [5.74, 6) is -0.454. The molecule has 0 saturated carbocycles. The molecule has 0 aromatic rings. The molecule has 0 unspecified atom stereocenters. The number of rotatable bonds is 3. The van der Waals surface area contributed by atoms with E-state index in [0.717, 1.165) is 12.7 Å². The maximum atomic E-state index is 10.7. The van der Waals surface area contributed by atoms with Crippen LogP contribution in [0.2, 0.25) is 0 Å². The molecule has 0 aliphatic rings. The largest absolute Gasteiger partial charge is 0.515 e. The molecule has 0 atom stereocenters. The van der Waals surface area contributed by atoms with E-state index < -0.39 is 5.97 Å². The van der Waals surface area contributed by atoms with Gasteiger partial charge in [0.25, 0.3) is 0 Å². The van der Waals surface area contributed by atoms with E-state index in [2.05, 4.69) is 4.74 Å². The summed E-state index contributed by atoms with van der Waals surface area (Å²) in [6.07, 6.45) is 1.54. The lowest BCUT2D eigenvalue weighted by Crippen LogP contribution is -2.06. The van der Waals surface area contributed by atoms with Crippen molar-refractivity contribution in [2.75, 3.05) is 6.61 Å². The molecule has 3 nitrogen and oxygen atoms in total. The molecule has 1 N–H and O–H groups in total. The maximum absolute atomic E-state index is 10.7. The quantitative estimate of drug-likeness (QED) is 0.390. The topological polar surface area (TPSA) is 46.5 Å². The van der Waals surface area contributed by atoms with Crippen molar-refractivity contribution in [3.8, 4) is 0 Å². The fourth-order valence-electron chi connectivity index (χ4n) is 0.361. The minimum Gasteiger partial charge on any atom is -0.515 e. The molecule has 0 bridgehead atoms. The Balaban J connectivity index is 0. The third-order valence-corrected chi connectivity index (χ3v) is 0.953. The lowest BCUT2D eigenvalue weighted by Gasteiger charge is -2.00. The van der Waals surface area contributed by atoms with Crippen molar-refractivity contribution in [3.05, 3.63) is 11.8 Å². The van der Waals surface area contributed by atoms with Gasteiger partial charge in [-0.05, 0) is 13.3 Å². The van der Waals surface area contributed by atoms with Crippen molar-refractivity contribution in [2.24, 2.45) is 0 Å². The molecular formula is C8H16O3. The van der Waals surface area contributed by atoms with Crippen LogP contribution in [0.25, 0.3) is 0 Å². The highest BCUT2D eigenvalue weighted by molar-refractivity contribution is 5.87. The van der Waals surface area contributed by atoms with Gasteiger partial charge >= 0.3 is 5.97 Å². The number of aliphatic hydroxyl groups excluding tert-OH is 1. The highest BCUT2D eigenvalue weighted by Crippen LogP contribution is 1.94. The Labute approximate surface area is 67.7 Å². The Kier molecular flexibility index (Phi) is 8.20. The first-order valence-corrected chi connectivity index (χ1v) is 3.20. The smallest absolute Gasteiger partial charge is 0.336 e. The lowest BCUT2D eigenvalue weighted by molar-refractivity contribution is -0.139. The number of carbonyl (C=O) groups excluding carboxylic acids is 1. The summed E-state index contributed by atoms with van der Waals surface area (Å²) in [6.45, 7) is 3.81. The SMILES string of the molecule is C.CCCOC(=O)C(C)=CO. The molecule has 0 radical (unpaired) electrons. The van der Waals surface area contributed by atoms with E-state index in [1.807, 2.05) is 6.92 Å². The Morgan fingerprint density at radius 3 is 2.55 bits per heavy atom. The molecular weight excluding hydrogens is 144 g/mol. The van der Waals surface area contributed by atoms with Crippen molar-refractivity contribution < 1.29 is 14.6 Å². The minimum absolute atomic E-state index is 0. The second-order valence-electron chi connectivity index (χ2n) is 1.95. The zero-order valence-corrected chi connectivity index (χ0v) is 6.26. The predicted molar refractivity (Wildman–Crippen MR) is 44.4 cm³/mol. The first-order valence-electron chi connectivity index (χ1n) is 3.20. The van der Waals surface area contributed by atoms with Gasteiger partial charge in [-0.1, -0.05) is 14.4 Å². The van der Waals surface area contributed by atoms with Crippen LogP contribution in [0.5, 0.6) is 0 Å². The van der Waals surface area contributed by atoms with Crippen LogP contribution in [0.15, 0.2) is 11.8 Å². The van der Waals surface area contributed by atoms with Gasteiger partial charge in [0.2, 0.25) is 0 Å². The summed E-state index contributed by atoms with van der Waals surface area (Å²) in [5.41, 5.74) is 0.230. The summed E-state index contributed by atoms with van der Waals surface area (Å²) in [4.78, 5) is 10.7. The number of hydrogen-bond acceptors (Lipinski definition) is 3. The normalized spacial score (nSPS) is 10.2. The van der Waals surface area contributed by atoms with Gasteiger partial charge in [0.15, 0.2) is 0 Å². The fraction of sp³-hybridized carbons (Fsp3) is 0.625. The van der Waals surface area contributed by atoms with E-state index in [9.17, 15) is 4.79 Å². The van der Waals surface area contributed by atoms with Gasteiger partial charge < -0.3 is 9.84 Å². The molecule has 0 fully saturated rings. The van der Waals surface area contributed by atoms with Crippen LogP contribution >= 0.6 is 0 Å². The lowest BCUT2D eigenvalue weighted by atomic mass is 10.3. The summed E-state index contributed by atoms with van der Waals surface area (Å²) in [6, 6.07) is 0. The number of esters is 1. The molecule has 0 saturated heterocycles. The van der Waals surface area contributed by atoms with Crippen LogP contribution < -0.4 is 0 Å². The van der Waals surface area contributed by atoms with Gasteiger partial charge in [0, 0.05) is 0 Å². The van der Waals surface area contributed by atoms with Gasteiger partial charge in [-0.2, -0.15) is 0 Å². The molecule has 3 heteroatoms. The molecule has 66 valence electrons. The summed E-state index contributed by atoms with van der Waals surface area (Å²) < 4.78 is 4.68. The van der Waals surface area contributed by atoms with Crippen molar-refractivity contribution in [1.82, 2.24) is 0 Å². The number of carbonyl (C=O) groups is 1. The van der Waals surface area contributed by atoms with Crippen LogP contribution in [0.3, 0.4) is 0 Å². The van der Waals surface area contributed by atoms with Crippen molar-refractivity contribution >= 4 is 5.97 Å². The number of hydrogen-bond donors (Lipinski definition) is 1. The van der Waals surface area contributed by atoms with Crippen LogP contribution in [-0.2, 0) is 9.53 Å². The van der Waals surface area contributed by atoms with E-state index in [0.29, 0.717) is 6.61 Å². The molecule has 0 rings (SSSR count). The van der Waals surface area contributed by atoms with Crippen molar-refractivity contribution in [2.45, 2.75) is 27.7 Å². The minimum atomic E-state index is -0.454. The highest BCUT2D eigenvalue weighted by atomic mass is 16.5. The Morgan fingerprint density at radius 2 is 2.18 bits per heavy atom. The predicted octanol–water partition coefficient (Wildman–Crippen LogP) is 2.04. The second-order valence-corrected chi connectivity index (χ2v) is 1.95. The third kappa shape index (κ3) is 5.45. The first kappa shape index (κ1) is 12.7. The molecule has 11 heavy (non-hydrogen) atoms. The van der Waals surface area contributed by atoms with Gasteiger partial charge in [-0.25, -0.2) is 4.79 Å². The molecule has 0 aromatic carbocycles. The van der Waals surface area contributed by atoms with E-state index in [-0.39, 0.29) is 13.0 Å². The summed E-state index contributed by atoms with van der Waals surface area (Å²) in [5, 5.41) is 8.34. The monoisotopic (exact) mass is 160 g/mol. The average Bonchev–Trinajstić information content (AvgIpc) is 1.98. The van der Waals surface area contributed by atoms with Gasteiger partial charge in [0.05, 0.1) is 18.4 Å². The number of ether oxygens (including phenoxy) is 1. The highest BCUT2D eigenvalue weighted by Gasteiger charge is 2.02. The average molecular weight is 160 g/mol. The Hall–Kier alpha value is -0.990. The van der Waals surface area contributed by atoms with Crippen LogP contribution in [0.4, 0.5) is 0 Å². The van der Waals surface area contributed by atoms with E-state index >= 15 is 0 Å². The molecule has 0 amide bonds. The molecule has 0 aliphatic carbocycles. The fourth-order valence-corrected chi connectivity index (χ4v) is 0.361. The first-order chi connectivity index (χ1) is 4.72. The molecule has 0 aliphatic heterocycles. The third-order valence-electron chi connectivity index (χ3n) is 0.953. The summed E-state index contributed by atoms with van der Waals surface area (Å²) >= 11 is 0.